The summed E-state index contributed by atoms with van der Waals surface area (Å²) in [5, 5.41) is 9.22. The van der Waals surface area contributed by atoms with Gasteiger partial charge < -0.3 is 5.11 Å². The maximum absolute atomic E-state index is 9.22. The molecule has 0 radical (unpaired) electrons. The molecular formula is C12H17BrO. The fourth-order valence-corrected chi connectivity index (χ4v) is 1.88. The number of aryl methyl sites for hydroxylation is 2. The molecule has 0 aromatic heterocycles. The van der Waals surface area contributed by atoms with Crippen LogP contribution in [-0.2, 0) is 6.42 Å². The Bertz CT molecular complexity index is 318. The summed E-state index contributed by atoms with van der Waals surface area (Å²) in [7, 11) is 0. The van der Waals surface area contributed by atoms with Crippen LogP contribution in [0.2, 0.25) is 0 Å². The molecule has 0 fully saturated rings. The number of hydrogen-bond acceptors (Lipinski definition) is 1. The summed E-state index contributed by atoms with van der Waals surface area (Å²) in [5.41, 5.74) is 3.89. The summed E-state index contributed by atoms with van der Waals surface area (Å²) in [5.74, 6) is 0. The summed E-state index contributed by atoms with van der Waals surface area (Å²) >= 11 is 3.57. The number of benzene rings is 1. The minimum absolute atomic E-state index is 0.213. The van der Waals surface area contributed by atoms with E-state index in [1.54, 1.807) is 0 Å². The third kappa shape index (κ3) is 2.82. The first kappa shape index (κ1) is 11.7. The first-order valence-corrected chi connectivity index (χ1v) is 5.74. The van der Waals surface area contributed by atoms with Crippen molar-refractivity contribution >= 4 is 15.9 Å². The molecule has 0 aliphatic carbocycles. The fourth-order valence-electron chi connectivity index (χ4n) is 1.50. The van der Waals surface area contributed by atoms with Crippen molar-refractivity contribution in [3.63, 3.8) is 0 Å². The highest BCUT2D eigenvalue weighted by Crippen LogP contribution is 2.24. The lowest BCUT2D eigenvalue weighted by Gasteiger charge is -2.10. The molecule has 1 nitrogen and oxygen atoms in total. The van der Waals surface area contributed by atoms with Crippen molar-refractivity contribution < 1.29 is 5.11 Å². The van der Waals surface area contributed by atoms with Gasteiger partial charge in [0.05, 0.1) is 6.10 Å². The highest BCUT2D eigenvalue weighted by Gasteiger charge is 2.05. The molecule has 0 spiro atoms. The van der Waals surface area contributed by atoms with Crippen LogP contribution >= 0.6 is 15.9 Å². The van der Waals surface area contributed by atoms with Gasteiger partial charge in [-0.3, -0.25) is 0 Å². The first-order chi connectivity index (χ1) is 6.52. The molecule has 0 saturated heterocycles. The Hall–Kier alpha value is -0.340. The Morgan fingerprint density at radius 1 is 1.36 bits per heavy atom. The Kier molecular flexibility index (Phi) is 4.14. The number of rotatable bonds is 3. The number of aliphatic hydroxyl groups excluding tert-OH is 1. The van der Waals surface area contributed by atoms with Crippen molar-refractivity contribution in [3.8, 4) is 0 Å². The summed E-state index contributed by atoms with van der Waals surface area (Å²) < 4.78 is 1.19. The Morgan fingerprint density at radius 2 is 2.00 bits per heavy atom. The van der Waals surface area contributed by atoms with Crippen molar-refractivity contribution in [2.75, 3.05) is 0 Å². The largest absolute Gasteiger partial charge is 0.393 e. The molecular weight excluding hydrogens is 240 g/mol. The van der Waals surface area contributed by atoms with Crippen LogP contribution < -0.4 is 0 Å². The zero-order chi connectivity index (χ0) is 10.7. The van der Waals surface area contributed by atoms with Crippen molar-refractivity contribution in [3.05, 3.63) is 33.3 Å². The van der Waals surface area contributed by atoms with E-state index in [0.29, 0.717) is 0 Å². The van der Waals surface area contributed by atoms with E-state index in [1.807, 2.05) is 6.92 Å². The molecule has 1 aromatic rings. The zero-order valence-corrected chi connectivity index (χ0v) is 10.6. The second-order valence-electron chi connectivity index (χ2n) is 3.87. The third-order valence-corrected chi connectivity index (χ3v) is 3.74. The molecule has 0 aliphatic heterocycles. The summed E-state index contributed by atoms with van der Waals surface area (Å²) in [6, 6.07) is 4.27. The predicted molar refractivity (Wildman–Crippen MR) is 63.6 cm³/mol. The molecule has 0 saturated carbocycles. The molecule has 0 heterocycles. The van der Waals surface area contributed by atoms with Crippen molar-refractivity contribution in [1.29, 1.82) is 0 Å². The van der Waals surface area contributed by atoms with E-state index in [4.69, 9.17) is 0 Å². The van der Waals surface area contributed by atoms with Gasteiger partial charge in [0.15, 0.2) is 0 Å². The maximum atomic E-state index is 9.22. The van der Waals surface area contributed by atoms with Gasteiger partial charge in [-0.1, -0.05) is 28.1 Å². The lowest BCUT2D eigenvalue weighted by atomic mass is 10.0. The van der Waals surface area contributed by atoms with Gasteiger partial charge >= 0.3 is 0 Å². The van der Waals surface area contributed by atoms with Crippen molar-refractivity contribution in [2.45, 2.75) is 39.7 Å². The standard InChI is InChI=1S/C12H17BrO/c1-8-4-6-11(7-5-9(2)14)10(3)12(8)13/h4,6,9,14H,5,7H2,1-3H3/t9-/m0/s1. The highest BCUT2D eigenvalue weighted by molar-refractivity contribution is 9.10. The van der Waals surface area contributed by atoms with E-state index in [1.165, 1.54) is 21.2 Å². The molecule has 0 unspecified atom stereocenters. The Balaban J connectivity index is 2.83. The van der Waals surface area contributed by atoms with E-state index < -0.39 is 0 Å². The first-order valence-electron chi connectivity index (χ1n) is 4.95. The lowest BCUT2D eigenvalue weighted by molar-refractivity contribution is 0.185. The number of aliphatic hydroxyl groups is 1. The van der Waals surface area contributed by atoms with Crippen LogP contribution in [0, 0.1) is 13.8 Å². The van der Waals surface area contributed by atoms with Crippen molar-refractivity contribution in [2.24, 2.45) is 0 Å². The molecule has 1 aromatic carbocycles. The molecule has 0 aliphatic rings. The average Bonchev–Trinajstić information content (AvgIpc) is 2.13. The van der Waals surface area contributed by atoms with E-state index >= 15 is 0 Å². The van der Waals surface area contributed by atoms with E-state index in [0.717, 1.165) is 12.8 Å². The summed E-state index contributed by atoms with van der Waals surface area (Å²) in [6.07, 6.45) is 1.56. The minimum Gasteiger partial charge on any atom is -0.393 e. The van der Waals surface area contributed by atoms with Crippen LogP contribution in [0.3, 0.4) is 0 Å². The second-order valence-corrected chi connectivity index (χ2v) is 4.66. The van der Waals surface area contributed by atoms with Gasteiger partial charge in [0.25, 0.3) is 0 Å². The molecule has 1 atom stereocenters. The van der Waals surface area contributed by atoms with Crippen LogP contribution in [0.15, 0.2) is 16.6 Å². The van der Waals surface area contributed by atoms with E-state index in [2.05, 4.69) is 41.9 Å². The van der Waals surface area contributed by atoms with Crippen LogP contribution in [0.4, 0.5) is 0 Å². The van der Waals surface area contributed by atoms with Gasteiger partial charge in [-0.25, -0.2) is 0 Å². The molecule has 0 amide bonds. The van der Waals surface area contributed by atoms with E-state index in [9.17, 15) is 5.11 Å². The molecule has 78 valence electrons. The molecule has 1 N–H and O–H groups in total. The predicted octanol–water partition coefficient (Wildman–Crippen LogP) is 3.38. The van der Waals surface area contributed by atoms with Crippen LogP contribution in [0.25, 0.3) is 0 Å². The Morgan fingerprint density at radius 3 is 2.57 bits per heavy atom. The average molecular weight is 257 g/mol. The van der Waals surface area contributed by atoms with Gasteiger partial charge in [0, 0.05) is 4.47 Å². The van der Waals surface area contributed by atoms with Crippen molar-refractivity contribution in [1.82, 2.24) is 0 Å². The van der Waals surface area contributed by atoms with Gasteiger partial charge in [0.1, 0.15) is 0 Å². The quantitative estimate of drug-likeness (QED) is 0.880. The smallest absolute Gasteiger partial charge is 0.0515 e. The van der Waals surface area contributed by atoms with Gasteiger partial charge in [-0.15, -0.1) is 0 Å². The van der Waals surface area contributed by atoms with Gasteiger partial charge in [0.2, 0.25) is 0 Å². The number of hydrogen-bond donors (Lipinski definition) is 1. The highest BCUT2D eigenvalue weighted by atomic mass is 79.9. The third-order valence-electron chi connectivity index (χ3n) is 2.52. The minimum atomic E-state index is -0.213. The summed E-state index contributed by atoms with van der Waals surface area (Å²) in [6.45, 7) is 6.04. The fraction of sp³-hybridized carbons (Fsp3) is 0.500. The SMILES string of the molecule is Cc1ccc(CC[C@H](C)O)c(C)c1Br. The normalized spacial score (nSPS) is 12.9. The van der Waals surface area contributed by atoms with Crippen LogP contribution in [0.5, 0.6) is 0 Å². The maximum Gasteiger partial charge on any atom is 0.0515 e. The topological polar surface area (TPSA) is 20.2 Å². The van der Waals surface area contributed by atoms with Gasteiger partial charge in [-0.05, 0) is 50.3 Å². The van der Waals surface area contributed by atoms with E-state index in [-0.39, 0.29) is 6.10 Å². The molecule has 0 bridgehead atoms. The van der Waals surface area contributed by atoms with Gasteiger partial charge in [-0.2, -0.15) is 0 Å². The lowest BCUT2D eigenvalue weighted by Crippen LogP contribution is -2.02. The second kappa shape index (κ2) is 4.94. The van der Waals surface area contributed by atoms with Crippen LogP contribution in [0.1, 0.15) is 30.0 Å². The summed E-state index contributed by atoms with van der Waals surface area (Å²) in [4.78, 5) is 0. The molecule has 2 heteroatoms. The zero-order valence-electron chi connectivity index (χ0n) is 8.97. The molecule has 1 rings (SSSR count). The molecule has 14 heavy (non-hydrogen) atoms. The Labute approximate surface area is 94.3 Å². The monoisotopic (exact) mass is 256 g/mol. The van der Waals surface area contributed by atoms with Crippen LogP contribution in [-0.4, -0.2) is 11.2 Å². The number of halogens is 1.